The van der Waals surface area contributed by atoms with Gasteiger partial charge in [-0.3, -0.25) is 4.79 Å². The first-order chi connectivity index (χ1) is 6.72. The van der Waals surface area contributed by atoms with Gasteiger partial charge in [-0.1, -0.05) is 6.92 Å². The minimum absolute atomic E-state index is 0.0316. The van der Waals surface area contributed by atoms with E-state index in [1.165, 1.54) is 0 Å². The van der Waals surface area contributed by atoms with Gasteiger partial charge in [0.15, 0.2) is 0 Å². The molecule has 1 rings (SSSR count). The molecule has 1 amide bonds. The van der Waals surface area contributed by atoms with E-state index in [1.807, 2.05) is 23.8 Å². The van der Waals surface area contributed by atoms with E-state index in [4.69, 9.17) is 0 Å². The van der Waals surface area contributed by atoms with E-state index in [1.54, 1.807) is 11.3 Å². The Labute approximate surface area is 87.8 Å². The maximum atomic E-state index is 11.3. The molecule has 0 aliphatic carbocycles. The maximum Gasteiger partial charge on any atom is 0.224 e. The van der Waals surface area contributed by atoms with E-state index >= 15 is 0 Å². The number of thiophene rings is 1. The van der Waals surface area contributed by atoms with Crippen LogP contribution in [0.4, 0.5) is 0 Å². The van der Waals surface area contributed by atoms with Crippen LogP contribution >= 0.6 is 11.3 Å². The summed E-state index contributed by atoms with van der Waals surface area (Å²) in [5.74, 6) is -0.0316. The van der Waals surface area contributed by atoms with E-state index in [-0.39, 0.29) is 5.91 Å². The molecular formula is C10H15NO2S. The van der Waals surface area contributed by atoms with Crippen LogP contribution in [0.25, 0.3) is 0 Å². The van der Waals surface area contributed by atoms with Gasteiger partial charge in [-0.25, -0.2) is 0 Å². The Kier molecular flexibility index (Phi) is 4.62. The lowest BCUT2D eigenvalue weighted by atomic mass is 10.2. The molecule has 0 aromatic carbocycles. The number of rotatable bonds is 5. The highest BCUT2D eigenvalue weighted by atomic mass is 32.1. The molecule has 1 aromatic rings. The summed E-state index contributed by atoms with van der Waals surface area (Å²) >= 11 is 1.58. The zero-order chi connectivity index (χ0) is 10.4. The lowest BCUT2D eigenvalue weighted by Crippen LogP contribution is -2.32. The molecule has 3 nitrogen and oxygen atoms in total. The summed E-state index contributed by atoms with van der Waals surface area (Å²) in [7, 11) is 0. The molecule has 2 N–H and O–H groups in total. The van der Waals surface area contributed by atoms with Gasteiger partial charge < -0.3 is 10.4 Å². The van der Waals surface area contributed by atoms with Crippen molar-refractivity contribution < 1.29 is 9.90 Å². The quantitative estimate of drug-likeness (QED) is 0.771. The molecule has 1 aromatic heterocycles. The van der Waals surface area contributed by atoms with Crippen molar-refractivity contribution in [2.75, 3.05) is 6.54 Å². The van der Waals surface area contributed by atoms with Crippen LogP contribution in [0.3, 0.4) is 0 Å². The summed E-state index contributed by atoms with van der Waals surface area (Å²) < 4.78 is 0. The van der Waals surface area contributed by atoms with Gasteiger partial charge in [0.05, 0.1) is 12.5 Å². The number of hydrogen-bond donors (Lipinski definition) is 2. The Bertz CT molecular complexity index is 272. The highest BCUT2D eigenvalue weighted by Gasteiger charge is 2.05. The average molecular weight is 213 g/mol. The van der Waals surface area contributed by atoms with Crippen LogP contribution in [0.2, 0.25) is 0 Å². The number of aliphatic hydroxyl groups is 1. The average Bonchev–Trinajstić information content (AvgIpc) is 2.66. The Balaban J connectivity index is 2.23. The lowest BCUT2D eigenvalue weighted by molar-refractivity contribution is -0.120. The van der Waals surface area contributed by atoms with Gasteiger partial charge in [-0.2, -0.15) is 11.3 Å². The molecule has 0 fully saturated rings. The molecule has 0 saturated carbocycles. The molecule has 0 bridgehead atoms. The summed E-state index contributed by atoms with van der Waals surface area (Å²) in [6.07, 6.45) is 0.639. The van der Waals surface area contributed by atoms with Gasteiger partial charge >= 0.3 is 0 Å². The van der Waals surface area contributed by atoms with Crippen LogP contribution < -0.4 is 5.32 Å². The molecule has 0 aliphatic rings. The number of carbonyl (C=O) groups excluding carboxylic acids is 1. The van der Waals surface area contributed by atoms with E-state index in [0.717, 1.165) is 5.56 Å². The van der Waals surface area contributed by atoms with Crippen molar-refractivity contribution in [3.8, 4) is 0 Å². The summed E-state index contributed by atoms with van der Waals surface area (Å²) in [6.45, 7) is 2.23. The third-order valence-electron chi connectivity index (χ3n) is 1.95. The Morgan fingerprint density at radius 3 is 3.07 bits per heavy atom. The third-order valence-corrected chi connectivity index (χ3v) is 2.68. The largest absolute Gasteiger partial charge is 0.391 e. The van der Waals surface area contributed by atoms with Crippen LogP contribution in [0.15, 0.2) is 16.8 Å². The molecule has 1 atom stereocenters. The fraction of sp³-hybridized carbons (Fsp3) is 0.500. The van der Waals surface area contributed by atoms with E-state index < -0.39 is 6.10 Å². The Morgan fingerprint density at radius 1 is 1.71 bits per heavy atom. The zero-order valence-corrected chi connectivity index (χ0v) is 9.01. The highest BCUT2D eigenvalue weighted by molar-refractivity contribution is 7.07. The molecule has 0 aliphatic heterocycles. The number of hydrogen-bond acceptors (Lipinski definition) is 3. The van der Waals surface area contributed by atoms with Crippen molar-refractivity contribution >= 4 is 17.2 Å². The first kappa shape index (κ1) is 11.2. The van der Waals surface area contributed by atoms with Crippen molar-refractivity contribution in [2.24, 2.45) is 0 Å². The minimum Gasteiger partial charge on any atom is -0.391 e. The van der Waals surface area contributed by atoms with E-state index in [9.17, 15) is 9.90 Å². The first-order valence-corrected chi connectivity index (χ1v) is 5.62. The lowest BCUT2D eigenvalue weighted by Gasteiger charge is -2.08. The van der Waals surface area contributed by atoms with Crippen LogP contribution in [0.1, 0.15) is 18.9 Å². The molecular weight excluding hydrogens is 198 g/mol. The van der Waals surface area contributed by atoms with Gasteiger partial charge in [0, 0.05) is 6.54 Å². The fourth-order valence-electron chi connectivity index (χ4n) is 1.02. The monoisotopic (exact) mass is 213 g/mol. The molecule has 78 valence electrons. The second kappa shape index (κ2) is 5.78. The van der Waals surface area contributed by atoms with E-state index in [0.29, 0.717) is 19.4 Å². The summed E-state index contributed by atoms with van der Waals surface area (Å²) in [5, 5.41) is 15.8. The number of nitrogens with one attached hydrogen (secondary N) is 1. The topological polar surface area (TPSA) is 49.3 Å². The first-order valence-electron chi connectivity index (χ1n) is 4.68. The number of aliphatic hydroxyl groups excluding tert-OH is 1. The Hall–Kier alpha value is -0.870. The predicted octanol–water partition coefficient (Wildman–Crippen LogP) is 1.18. The van der Waals surface area contributed by atoms with Gasteiger partial charge in [-0.15, -0.1) is 0 Å². The summed E-state index contributed by atoms with van der Waals surface area (Å²) in [6, 6.07) is 1.93. The number of carbonyl (C=O) groups is 1. The summed E-state index contributed by atoms with van der Waals surface area (Å²) in [5.41, 5.74) is 1.03. The van der Waals surface area contributed by atoms with Gasteiger partial charge in [0.1, 0.15) is 0 Å². The van der Waals surface area contributed by atoms with Crippen LogP contribution in [0, 0.1) is 0 Å². The molecule has 14 heavy (non-hydrogen) atoms. The van der Waals surface area contributed by atoms with Gasteiger partial charge in [0.2, 0.25) is 5.91 Å². The van der Waals surface area contributed by atoms with Gasteiger partial charge in [-0.05, 0) is 28.8 Å². The van der Waals surface area contributed by atoms with Crippen LogP contribution in [0.5, 0.6) is 0 Å². The minimum atomic E-state index is -0.429. The molecule has 0 spiro atoms. The Morgan fingerprint density at radius 2 is 2.50 bits per heavy atom. The fourth-order valence-corrected chi connectivity index (χ4v) is 1.69. The van der Waals surface area contributed by atoms with Crippen molar-refractivity contribution in [1.82, 2.24) is 5.32 Å². The molecule has 1 unspecified atom stereocenters. The highest BCUT2D eigenvalue weighted by Crippen LogP contribution is 2.06. The van der Waals surface area contributed by atoms with Crippen LogP contribution in [-0.4, -0.2) is 23.7 Å². The van der Waals surface area contributed by atoms with Crippen molar-refractivity contribution in [3.63, 3.8) is 0 Å². The van der Waals surface area contributed by atoms with Crippen LogP contribution in [-0.2, 0) is 11.2 Å². The van der Waals surface area contributed by atoms with Crippen molar-refractivity contribution in [1.29, 1.82) is 0 Å². The predicted molar refractivity (Wildman–Crippen MR) is 57.3 cm³/mol. The third kappa shape index (κ3) is 3.89. The molecule has 4 heteroatoms. The van der Waals surface area contributed by atoms with Crippen molar-refractivity contribution in [2.45, 2.75) is 25.9 Å². The van der Waals surface area contributed by atoms with E-state index in [2.05, 4.69) is 5.32 Å². The summed E-state index contributed by atoms with van der Waals surface area (Å²) in [4.78, 5) is 11.3. The zero-order valence-electron chi connectivity index (χ0n) is 8.19. The second-order valence-corrected chi connectivity index (χ2v) is 3.95. The van der Waals surface area contributed by atoms with Crippen molar-refractivity contribution in [3.05, 3.63) is 22.4 Å². The molecule has 0 radical (unpaired) electrons. The number of amides is 1. The SMILES string of the molecule is CCC(O)CNC(=O)Cc1ccsc1. The maximum absolute atomic E-state index is 11.3. The second-order valence-electron chi connectivity index (χ2n) is 3.17. The smallest absolute Gasteiger partial charge is 0.224 e. The van der Waals surface area contributed by atoms with Gasteiger partial charge in [0.25, 0.3) is 0 Å². The normalized spacial score (nSPS) is 12.4. The molecule has 1 heterocycles. The standard InChI is InChI=1S/C10H15NO2S/c1-2-9(12)6-11-10(13)5-8-3-4-14-7-8/h3-4,7,9,12H,2,5-6H2,1H3,(H,11,13). The molecule has 0 saturated heterocycles.